The second-order valence-electron chi connectivity index (χ2n) is 7.38. The molecule has 6 heteroatoms. The Morgan fingerprint density at radius 1 is 1.18 bits per heavy atom. The van der Waals surface area contributed by atoms with Gasteiger partial charge in [-0.25, -0.2) is 8.78 Å². The SMILES string of the molecule is CN(CCCC(=O)O)c1c(F)cc(-c2ccccc2NC2CCCC2)cc1F. The normalized spacial score (nSPS) is 14.2. The molecule has 0 aromatic heterocycles. The van der Waals surface area contributed by atoms with Crippen LogP contribution in [0.25, 0.3) is 11.1 Å². The summed E-state index contributed by atoms with van der Waals surface area (Å²) in [4.78, 5) is 12.1. The molecule has 0 amide bonds. The van der Waals surface area contributed by atoms with Gasteiger partial charge >= 0.3 is 5.97 Å². The summed E-state index contributed by atoms with van der Waals surface area (Å²) >= 11 is 0. The van der Waals surface area contributed by atoms with Gasteiger partial charge in [0.05, 0.1) is 0 Å². The predicted octanol–water partition coefficient (Wildman–Crippen LogP) is 5.29. The fourth-order valence-electron chi connectivity index (χ4n) is 3.82. The van der Waals surface area contributed by atoms with E-state index in [1.54, 1.807) is 7.05 Å². The van der Waals surface area contributed by atoms with Crippen LogP contribution < -0.4 is 10.2 Å². The molecule has 2 N–H and O–H groups in total. The average Bonchev–Trinajstić information content (AvgIpc) is 3.14. The third-order valence-electron chi connectivity index (χ3n) is 5.24. The Labute approximate surface area is 164 Å². The van der Waals surface area contributed by atoms with E-state index in [2.05, 4.69) is 5.32 Å². The Morgan fingerprint density at radius 2 is 1.82 bits per heavy atom. The van der Waals surface area contributed by atoms with Gasteiger partial charge in [-0.2, -0.15) is 0 Å². The molecular formula is C22H26F2N2O2. The third-order valence-corrected chi connectivity index (χ3v) is 5.24. The number of hydrogen-bond acceptors (Lipinski definition) is 3. The van der Waals surface area contributed by atoms with Gasteiger partial charge in [-0.3, -0.25) is 4.79 Å². The van der Waals surface area contributed by atoms with Crippen molar-refractivity contribution < 1.29 is 18.7 Å². The van der Waals surface area contributed by atoms with Gasteiger partial charge in [-0.1, -0.05) is 31.0 Å². The van der Waals surface area contributed by atoms with Crippen molar-refractivity contribution in [1.82, 2.24) is 0 Å². The Bertz CT molecular complexity index is 812. The second kappa shape index (κ2) is 9.04. The van der Waals surface area contributed by atoms with Crippen LogP contribution in [0.5, 0.6) is 0 Å². The molecular weight excluding hydrogens is 362 g/mol. The van der Waals surface area contributed by atoms with Gasteiger partial charge in [0.1, 0.15) is 17.3 Å². The van der Waals surface area contributed by atoms with Crippen molar-refractivity contribution >= 4 is 17.3 Å². The summed E-state index contributed by atoms with van der Waals surface area (Å²) in [6.45, 7) is 0.263. The van der Waals surface area contributed by atoms with Gasteiger partial charge < -0.3 is 15.3 Å². The fourth-order valence-corrected chi connectivity index (χ4v) is 3.82. The number of anilines is 2. The van der Waals surface area contributed by atoms with Crippen LogP contribution in [0.1, 0.15) is 38.5 Å². The minimum absolute atomic E-state index is 0.0358. The zero-order valence-electron chi connectivity index (χ0n) is 16.0. The number of carboxylic acid groups (broad SMARTS) is 1. The number of aliphatic carboxylic acids is 1. The first kappa shape index (κ1) is 20.1. The van der Waals surface area contributed by atoms with Crippen molar-refractivity contribution in [2.75, 3.05) is 23.8 Å². The molecule has 2 aromatic rings. The van der Waals surface area contributed by atoms with E-state index in [0.29, 0.717) is 18.0 Å². The summed E-state index contributed by atoms with van der Waals surface area (Å²) in [6, 6.07) is 10.7. The summed E-state index contributed by atoms with van der Waals surface area (Å²) in [7, 11) is 1.57. The number of para-hydroxylation sites is 1. The highest BCUT2D eigenvalue weighted by atomic mass is 19.1. The molecule has 0 radical (unpaired) electrons. The molecule has 1 aliphatic rings. The van der Waals surface area contributed by atoms with Crippen LogP contribution in [0.3, 0.4) is 0 Å². The minimum Gasteiger partial charge on any atom is -0.481 e. The molecule has 4 nitrogen and oxygen atoms in total. The molecule has 0 aliphatic heterocycles. The van der Waals surface area contributed by atoms with Crippen molar-refractivity contribution in [2.24, 2.45) is 0 Å². The van der Waals surface area contributed by atoms with E-state index >= 15 is 0 Å². The monoisotopic (exact) mass is 388 g/mol. The molecule has 0 spiro atoms. The van der Waals surface area contributed by atoms with Crippen LogP contribution in [-0.2, 0) is 4.79 Å². The van der Waals surface area contributed by atoms with Crippen molar-refractivity contribution in [2.45, 2.75) is 44.6 Å². The maximum Gasteiger partial charge on any atom is 0.303 e. The number of carboxylic acids is 1. The lowest BCUT2D eigenvalue weighted by atomic mass is 10.0. The van der Waals surface area contributed by atoms with Gasteiger partial charge in [-0.05, 0) is 43.0 Å². The molecule has 28 heavy (non-hydrogen) atoms. The topological polar surface area (TPSA) is 52.6 Å². The van der Waals surface area contributed by atoms with E-state index < -0.39 is 17.6 Å². The van der Waals surface area contributed by atoms with Crippen molar-refractivity contribution in [3.8, 4) is 11.1 Å². The Kier molecular flexibility index (Phi) is 6.49. The number of hydrogen-bond donors (Lipinski definition) is 2. The van der Waals surface area contributed by atoms with E-state index in [1.165, 1.54) is 29.9 Å². The first-order valence-corrected chi connectivity index (χ1v) is 9.73. The predicted molar refractivity (Wildman–Crippen MR) is 108 cm³/mol. The summed E-state index contributed by atoms with van der Waals surface area (Å²) in [5.41, 5.74) is 2.01. The van der Waals surface area contributed by atoms with Gasteiger partial charge in [0, 0.05) is 37.3 Å². The lowest BCUT2D eigenvalue weighted by Crippen LogP contribution is -2.22. The lowest BCUT2D eigenvalue weighted by Gasteiger charge is -2.22. The summed E-state index contributed by atoms with van der Waals surface area (Å²) < 4.78 is 29.5. The Hall–Kier alpha value is -2.63. The summed E-state index contributed by atoms with van der Waals surface area (Å²) in [6.07, 6.45) is 4.90. The number of benzene rings is 2. The Morgan fingerprint density at radius 3 is 2.46 bits per heavy atom. The second-order valence-corrected chi connectivity index (χ2v) is 7.38. The highest BCUT2D eigenvalue weighted by molar-refractivity contribution is 5.79. The smallest absolute Gasteiger partial charge is 0.303 e. The standard InChI is InChI=1S/C22H26F2N2O2/c1-26(12-6-11-21(27)28)22-18(23)13-15(14-19(22)24)17-9-4-5-10-20(17)25-16-7-2-3-8-16/h4-5,9-10,13-14,16,25H,2-3,6-8,11-12H2,1H3,(H,27,28). The molecule has 0 atom stereocenters. The number of halogens is 2. The number of carbonyl (C=O) groups is 1. The first-order valence-electron chi connectivity index (χ1n) is 9.73. The van der Waals surface area contributed by atoms with Crippen molar-refractivity contribution in [3.05, 3.63) is 48.0 Å². The molecule has 2 aromatic carbocycles. The van der Waals surface area contributed by atoms with E-state index in [9.17, 15) is 13.6 Å². The lowest BCUT2D eigenvalue weighted by molar-refractivity contribution is -0.137. The molecule has 3 rings (SSSR count). The highest BCUT2D eigenvalue weighted by Gasteiger charge is 2.19. The Balaban J connectivity index is 1.83. The van der Waals surface area contributed by atoms with Gasteiger partial charge in [0.2, 0.25) is 0 Å². The maximum atomic E-state index is 14.8. The van der Waals surface area contributed by atoms with E-state index in [0.717, 1.165) is 24.1 Å². The number of nitrogens with zero attached hydrogens (tertiary/aromatic N) is 1. The van der Waals surface area contributed by atoms with E-state index in [4.69, 9.17) is 5.11 Å². The van der Waals surface area contributed by atoms with Crippen molar-refractivity contribution in [3.63, 3.8) is 0 Å². The summed E-state index contributed by atoms with van der Waals surface area (Å²) in [5, 5.41) is 12.2. The molecule has 1 aliphatic carbocycles. The fraction of sp³-hybridized carbons (Fsp3) is 0.409. The van der Waals surface area contributed by atoms with Crippen molar-refractivity contribution in [1.29, 1.82) is 0 Å². The quantitative estimate of drug-likeness (QED) is 0.645. The molecule has 150 valence electrons. The largest absolute Gasteiger partial charge is 0.481 e. The van der Waals surface area contributed by atoms with Crippen LogP contribution in [-0.4, -0.2) is 30.7 Å². The molecule has 0 heterocycles. The number of rotatable bonds is 8. The highest BCUT2D eigenvalue weighted by Crippen LogP contribution is 2.34. The molecule has 0 bridgehead atoms. The molecule has 1 fully saturated rings. The van der Waals surface area contributed by atoms with Crippen LogP contribution in [0.15, 0.2) is 36.4 Å². The third kappa shape index (κ3) is 4.80. The van der Waals surface area contributed by atoms with Crippen LogP contribution >= 0.6 is 0 Å². The van der Waals surface area contributed by atoms with E-state index in [-0.39, 0.29) is 18.7 Å². The van der Waals surface area contributed by atoms with Crippen LogP contribution in [0.4, 0.5) is 20.2 Å². The van der Waals surface area contributed by atoms with E-state index in [1.807, 2.05) is 24.3 Å². The molecule has 1 saturated carbocycles. The molecule has 0 saturated heterocycles. The zero-order valence-corrected chi connectivity index (χ0v) is 16.0. The zero-order chi connectivity index (χ0) is 20.1. The maximum absolute atomic E-state index is 14.8. The van der Waals surface area contributed by atoms with Gasteiger partial charge in [0.15, 0.2) is 0 Å². The van der Waals surface area contributed by atoms with Gasteiger partial charge in [-0.15, -0.1) is 0 Å². The first-order chi connectivity index (χ1) is 13.5. The van der Waals surface area contributed by atoms with Gasteiger partial charge in [0.25, 0.3) is 0 Å². The average molecular weight is 388 g/mol. The van der Waals surface area contributed by atoms with Crippen LogP contribution in [0.2, 0.25) is 0 Å². The minimum atomic E-state index is -0.920. The number of nitrogens with one attached hydrogen (secondary N) is 1. The van der Waals surface area contributed by atoms with Crippen LogP contribution in [0, 0.1) is 11.6 Å². The summed E-state index contributed by atoms with van der Waals surface area (Å²) in [5.74, 6) is -2.22. The molecule has 0 unspecified atom stereocenters.